The van der Waals surface area contributed by atoms with Gasteiger partial charge in [0.05, 0.1) is 6.42 Å². The van der Waals surface area contributed by atoms with E-state index in [0.717, 1.165) is 30.6 Å². The maximum absolute atomic E-state index is 10.4. The molecule has 0 aliphatic heterocycles. The van der Waals surface area contributed by atoms with Gasteiger partial charge >= 0.3 is 5.97 Å². The highest BCUT2D eigenvalue weighted by molar-refractivity contribution is 5.68. The van der Waals surface area contributed by atoms with Gasteiger partial charge in [0.2, 0.25) is 0 Å². The lowest BCUT2D eigenvalue weighted by Gasteiger charge is -2.14. The zero-order valence-electron chi connectivity index (χ0n) is 14.2. The zero-order chi connectivity index (χ0) is 15.4. The summed E-state index contributed by atoms with van der Waals surface area (Å²) >= 11 is 0. The molecule has 21 heavy (non-hydrogen) atoms. The molecule has 0 atom stereocenters. The second kappa shape index (κ2) is 8.19. The van der Waals surface area contributed by atoms with Gasteiger partial charge in [0.1, 0.15) is 0 Å². The molecule has 2 rings (SSSR count). The molecule has 0 heterocycles. The highest BCUT2D eigenvalue weighted by Gasteiger charge is 2.44. The number of carbonyl (C=O) groups is 1. The van der Waals surface area contributed by atoms with Gasteiger partial charge in [-0.15, -0.1) is 0 Å². The molecule has 0 saturated heterocycles. The summed E-state index contributed by atoms with van der Waals surface area (Å²) in [6, 6.07) is 0. The van der Waals surface area contributed by atoms with Crippen molar-refractivity contribution in [1.29, 1.82) is 0 Å². The van der Waals surface area contributed by atoms with Gasteiger partial charge < -0.3 is 5.11 Å². The summed E-state index contributed by atoms with van der Waals surface area (Å²) in [4.78, 5) is 10.4. The minimum Gasteiger partial charge on any atom is -0.481 e. The minimum atomic E-state index is -0.636. The fourth-order valence-corrected chi connectivity index (χ4v) is 2.92. The summed E-state index contributed by atoms with van der Waals surface area (Å²) in [7, 11) is 0. The Balaban J connectivity index is 0.000000370. The summed E-state index contributed by atoms with van der Waals surface area (Å²) in [6.07, 6.45) is 9.57. The van der Waals surface area contributed by atoms with Crippen molar-refractivity contribution in [2.45, 2.75) is 93.4 Å². The third-order valence-electron chi connectivity index (χ3n) is 4.75. The fraction of sp³-hybridized carbons (Fsp3) is 0.947. The smallest absolute Gasteiger partial charge is 0.303 e. The molecule has 2 fully saturated rings. The lowest BCUT2D eigenvalue weighted by Crippen LogP contribution is -2.10. The van der Waals surface area contributed by atoms with Crippen molar-refractivity contribution < 1.29 is 9.90 Å². The van der Waals surface area contributed by atoms with Gasteiger partial charge in [-0.3, -0.25) is 4.79 Å². The van der Waals surface area contributed by atoms with Crippen LogP contribution in [0.4, 0.5) is 0 Å². The van der Waals surface area contributed by atoms with Crippen molar-refractivity contribution in [3.05, 3.63) is 0 Å². The van der Waals surface area contributed by atoms with E-state index < -0.39 is 5.97 Å². The molecule has 1 N–H and O–H groups in total. The summed E-state index contributed by atoms with van der Waals surface area (Å²) < 4.78 is 0. The van der Waals surface area contributed by atoms with Crippen LogP contribution in [0.25, 0.3) is 0 Å². The normalized spacial score (nSPS) is 20.3. The van der Waals surface area contributed by atoms with Gasteiger partial charge in [0, 0.05) is 0 Å². The van der Waals surface area contributed by atoms with Crippen molar-refractivity contribution in [2.24, 2.45) is 22.7 Å². The Labute approximate surface area is 132 Å². The van der Waals surface area contributed by atoms with Crippen molar-refractivity contribution in [3.63, 3.8) is 0 Å². The summed E-state index contributed by atoms with van der Waals surface area (Å²) in [5.74, 6) is 0.905. The Morgan fingerprint density at radius 2 is 1.57 bits per heavy atom. The zero-order valence-corrected chi connectivity index (χ0v) is 14.2. The van der Waals surface area contributed by atoms with Gasteiger partial charge in [-0.25, -0.2) is 0 Å². The fourth-order valence-electron chi connectivity index (χ4n) is 2.92. The van der Waals surface area contributed by atoms with Gasteiger partial charge in [-0.2, -0.15) is 0 Å². The van der Waals surface area contributed by atoms with Gasteiger partial charge in [-0.05, 0) is 61.2 Å². The van der Waals surface area contributed by atoms with E-state index in [-0.39, 0.29) is 12.8 Å². The van der Waals surface area contributed by atoms with Crippen molar-refractivity contribution in [2.75, 3.05) is 0 Å². The van der Waals surface area contributed by atoms with E-state index in [1.807, 2.05) is 0 Å². The first-order valence-electron chi connectivity index (χ1n) is 8.38. The van der Waals surface area contributed by atoms with Crippen LogP contribution in [-0.2, 0) is 4.79 Å². The first-order chi connectivity index (χ1) is 9.16. The molecule has 0 aromatic rings. The average Bonchev–Trinajstić information content (AvgIpc) is 3.17. The van der Waals surface area contributed by atoms with Crippen molar-refractivity contribution >= 4 is 5.97 Å². The first kappa shape index (κ1) is 20.5. The maximum atomic E-state index is 10.4. The summed E-state index contributed by atoms with van der Waals surface area (Å²) in [5, 5.41) is 8.60. The molecule has 0 spiro atoms. The van der Waals surface area contributed by atoms with Crippen LogP contribution in [0, 0.1) is 22.7 Å². The summed E-state index contributed by atoms with van der Waals surface area (Å²) in [5.41, 5.74) is 0.976. The highest BCUT2D eigenvalue weighted by Crippen LogP contribution is 2.53. The van der Waals surface area contributed by atoms with Crippen molar-refractivity contribution in [3.8, 4) is 0 Å². The molecule has 0 bridgehead atoms. The Hall–Kier alpha value is -0.530. The molecule has 0 radical (unpaired) electrons. The number of hydrogen-bond donors (Lipinski definition) is 1. The molecule has 0 aromatic heterocycles. The molecule has 126 valence electrons. The predicted octanol–water partition coefficient (Wildman–Crippen LogP) is 6.15. The average molecular weight is 299 g/mol. The topological polar surface area (TPSA) is 37.3 Å². The third kappa shape index (κ3) is 9.16. The first-order valence-corrected chi connectivity index (χ1v) is 8.38. The van der Waals surface area contributed by atoms with Crippen LogP contribution in [0.5, 0.6) is 0 Å². The largest absolute Gasteiger partial charge is 0.481 e. The van der Waals surface area contributed by atoms with E-state index >= 15 is 0 Å². The van der Waals surface area contributed by atoms with Crippen LogP contribution in [0.2, 0.25) is 0 Å². The number of hydrogen-bond acceptors (Lipinski definition) is 1. The highest BCUT2D eigenvalue weighted by atomic mass is 16.4. The molecule has 0 aromatic carbocycles. The molecule has 2 nitrogen and oxygen atoms in total. The van der Waals surface area contributed by atoms with E-state index in [1.54, 1.807) is 0 Å². The Morgan fingerprint density at radius 1 is 1.05 bits per heavy atom. The monoisotopic (exact) mass is 298 g/mol. The predicted molar refractivity (Wildman–Crippen MR) is 91.5 cm³/mol. The molecule has 2 saturated carbocycles. The van der Waals surface area contributed by atoms with Crippen LogP contribution in [-0.4, -0.2) is 11.1 Å². The number of carboxylic acid groups (broad SMARTS) is 1. The van der Waals surface area contributed by atoms with E-state index in [0.29, 0.717) is 12.3 Å². The molecule has 2 heteroatoms. The molecule has 2 aliphatic carbocycles. The SMILES string of the molecule is C.CC(C)CC1(CC(=O)O)CC1.CC(C)CCC1(C)CC1. The molecular formula is C19H38O2. The second-order valence-electron chi connectivity index (χ2n) is 8.41. The van der Waals surface area contributed by atoms with E-state index in [9.17, 15) is 4.79 Å². The number of aliphatic carboxylic acids is 1. The van der Waals surface area contributed by atoms with Gasteiger partial charge in [0.15, 0.2) is 0 Å². The third-order valence-corrected chi connectivity index (χ3v) is 4.75. The molecule has 0 unspecified atom stereocenters. The molecule has 0 amide bonds. The van der Waals surface area contributed by atoms with Crippen LogP contribution in [0.3, 0.4) is 0 Å². The van der Waals surface area contributed by atoms with Crippen LogP contribution in [0.15, 0.2) is 0 Å². The minimum absolute atomic E-state index is 0. The van der Waals surface area contributed by atoms with Crippen LogP contribution in [0.1, 0.15) is 93.4 Å². The van der Waals surface area contributed by atoms with Gasteiger partial charge in [0.25, 0.3) is 0 Å². The number of carboxylic acids is 1. The summed E-state index contributed by atoms with van der Waals surface area (Å²) in [6.45, 7) is 11.3. The van der Waals surface area contributed by atoms with Gasteiger partial charge in [-0.1, -0.05) is 48.5 Å². The van der Waals surface area contributed by atoms with Crippen molar-refractivity contribution in [1.82, 2.24) is 0 Å². The van der Waals surface area contributed by atoms with E-state index in [4.69, 9.17) is 5.11 Å². The Kier molecular flexibility index (Phi) is 7.99. The van der Waals surface area contributed by atoms with Crippen LogP contribution < -0.4 is 0 Å². The van der Waals surface area contributed by atoms with E-state index in [1.165, 1.54) is 25.7 Å². The maximum Gasteiger partial charge on any atom is 0.303 e. The standard InChI is InChI=1S/C9H16O2.C9H18.CH4/c1-7(2)5-9(3-4-9)6-8(10)11;1-8(2)4-5-9(3)6-7-9;/h7H,3-6H2,1-2H3,(H,10,11);8H,4-7H2,1-3H3;1H4. The Morgan fingerprint density at radius 3 is 1.86 bits per heavy atom. The lowest BCUT2D eigenvalue weighted by molar-refractivity contribution is -0.138. The number of rotatable bonds is 7. The molecular weight excluding hydrogens is 260 g/mol. The van der Waals surface area contributed by atoms with Crippen LogP contribution >= 0.6 is 0 Å². The molecule has 2 aliphatic rings. The van der Waals surface area contributed by atoms with E-state index in [2.05, 4.69) is 34.6 Å². The lowest BCUT2D eigenvalue weighted by atomic mass is 9.91. The quantitative estimate of drug-likeness (QED) is 0.612. The Bertz CT molecular complexity index is 310. The second-order valence-corrected chi connectivity index (χ2v) is 8.41.